The number of hydrogen-bond donors (Lipinski definition) is 0. The number of para-hydroxylation sites is 2. The second kappa shape index (κ2) is 14.5. The number of anilines is 6. The van der Waals surface area contributed by atoms with Crippen LogP contribution in [0.25, 0.3) is 20.2 Å². The van der Waals surface area contributed by atoms with Gasteiger partial charge >= 0.3 is 0 Å². The summed E-state index contributed by atoms with van der Waals surface area (Å²) < 4.78 is 2.63. The van der Waals surface area contributed by atoms with Gasteiger partial charge in [0.2, 0.25) is 0 Å². The number of nitrogens with zero attached hydrogens (tertiary/aromatic N) is 2. The van der Waals surface area contributed by atoms with Gasteiger partial charge < -0.3 is 9.80 Å². The topological polar surface area (TPSA) is 6.48 Å². The maximum Gasteiger partial charge on any atom is 0.0640 e. The van der Waals surface area contributed by atoms with Crippen LogP contribution in [0.2, 0.25) is 0 Å². The van der Waals surface area contributed by atoms with Gasteiger partial charge in [0.15, 0.2) is 0 Å². The van der Waals surface area contributed by atoms with Crippen LogP contribution >= 0.6 is 11.3 Å². The molecule has 0 amide bonds. The smallest absolute Gasteiger partial charge is 0.0640 e. The summed E-state index contributed by atoms with van der Waals surface area (Å²) in [7, 11) is 0. The Morgan fingerprint density at radius 1 is 0.423 bits per heavy atom. The van der Waals surface area contributed by atoms with Crippen molar-refractivity contribution in [2.24, 2.45) is 0 Å². The van der Waals surface area contributed by atoms with Gasteiger partial charge in [0.05, 0.1) is 10.4 Å². The van der Waals surface area contributed by atoms with E-state index >= 15 is 0 Å². The molecule has 7 aromatic carbocycles. The first kappa shape index (κ1) is 32.3. The fourth-order valence-electron chi connectivity index (χ4n) is 8.03. The Morgan fingerprint density at radius 2 is 0.923 bits per heavy atom. The number of rotatable bonds is 9. The van der Waals surface area contributed by atoms with Crippen LogP contribution < -0.4 is 9.80 Å². The standard InChI is InChI=1S/C49H42N2S/c1-4-13-38(14-5-1)39-27-33-43(34-28-39)50(40-15-6-2-7-16-40)42-29-23-36(24-30-42)35-37-25-31-44(32-26-37)51(41-17-8-3-9-18-41)47-21-12-20-46-45-19-10-11-22-48(45)52-49(46)47/h2-3,6-12,15-34,38H,1,4-5,13-14,35H2. The molecule has 0 saturated heterocycles. The quantitative estimate of drug-likeness (QED) is 0.149. The molecular weight excluding hydrogens is 649 g/mol. The molecule has 254 valence electrons. The van der Waals surface area contributed by atoms with Crippen LogP contribution in [0.1, 0.15) is 54.7 Å². The molecule has 0 N–H and O–H groups in total. The molecule has 0 unspecified atom stereocenters. The number of fused-ring (bicyclic) bond motifs is 3. The molecule has 1 aromatic heterocycles. The summed E-state index contributed by atoms with van der Waals surface area (Å²) >= 11 is 1.87. The fraction of sp³-hybridized carbons (Fsp3) is 0.143. The van der Waals surface area contributed by atoms with E-state index in [0.717, 1.165) is 17.8 Å². The molecule has 1 saturated carbocycles. The summed E-state index contributed by atoms with van der Waals surface area (Å²) in [4.78, 5) is 4.77. The highest BCUT2D eigenvalue weighted by molar-refractivity contribution is 7.26. The van der Waals surface area contributed by atoms with E-state index in [9.17, 15) is 0 Å². The highest BCUT2D eigenvalue weighted by Gasteiger charge is 2.19. The maximum atomic E-state index is 2.40. The van der Waals surface area contributed by atoms with Crippen molar-refractivity contribution in [1.29, 1.82) is 0 Å². The first-order chi connectivity index (χ1) is 25.8. The van der Waals surface area contributed by atoms with E-state index in [1.165, 1.54) is 91.7 Å². The van der Waals surface area contributed by atoms with Crippen molar-refractivity contribution in [2.45, 2.75) is 44.4 Å². The van der Waals surface area contributed by atoms with Gasteiger partial charge in [0.25, 0.3) is 0 Å². The third-order valence-electron chi connectivity index (χ3n) is 10.7. The number of hydrogen-bond acceptors (Lipinski definition) is 3. The summed E-state index contributed by atoms with van der Waals surface area (Å²) in [6, 6.07) is 64.5. The lowest BCUT2D eigenvalue weighted by Gasteiger charge is -2.27. The lowest BCUT2D eigenvalue weighted by atomic mass is 9.84. The molecule has 1 fully saturated rings. The molecule has 1 aliphatic carbocycles. The molecule has 52 heavy (non-hydrogen) atoms. The Kier molecular flexibility index (Phi) is 9.02. The van der Waals surface area contributed by atoms with Crippen molar-refractivity contribution in [3.8, 4) is 0 Å². The SMILES string of the molecule is c1ccc(N(c2ccc(Cc3ccc(N(c4ccccc4)c4cccc5c4sc4ccccc45)cc3)cc2)c2ccc(C3CCCCC3)cc2)cc1. The molecule has 3 heteroatoms. The molecular formula is C49H42N2S. The lowest BCUT2D eigenvalue weighted by Crippen LogP contribution is -2.10. The summed E-state index contributed by atoms with van der Waals surface area (Å²) in [5.41, 5.74) is 11.1. The third-order valence-corrected chi connectivity index (χ3v) is 11.9. The number of benzene rings is 7. The average molecular weight is 691 g/mol. The first-order valence-corrected chi connectivity index (χ1v) is 19.5. The summed E-state index contributed by atoms with van der Waals surface area (Å²) in [5.74, 6) is 0.707. The van der Waals surface area contributed by atoms with Crippen LogP contribution in [0, 0.1) is 0 Å². The largest absolute Gasteiger partial charge is 0.311 e. The Balaban J connectivity index is 0.985. The van der Waals surface area contributed by atoms with E-state index in [0.29, 0.717) is 5.92 Å². The van der Waals surface area contributed by atoms with Crippen LogP contribution in [0.4, 0.5) is 34.1 Å². The average Bonchev–Trinajstić information content (AvgIpc) is 3.61. The van der Waals surface area contributed by atoms with Crippen molar-refractivity contribution in [2.75, 3.05) is 9.80 Å². The molecule has 0 atom stereocenters. The summed E-state index contributed by atoms with van der Waals surface area (Å²) in [6.45, 7) is 0. The van der Waals surface area contributed by atoms with Gasteiger partial charge in [0.1, 0.15) is 0 Å². The van der Waals surface area contributed by atoms with E-state index in [1.54, 1.807) is 0 Å². The molecule has 0 spiro atoms. The fourth-order valence-corrected chi connectivity index (χ4v) is 9.24. The molecule has 9 rings (SSSR count). The minimum atomic E-state index is 0.707. The van der Waals surface area contributed by atoms with E-state index in [2.05, 4.69) is 186 Å². The van der Waals surface area contributed by atoms with Gasteiger partial charge in [-0.1, -0.05) is 122 Å². The van der Waals surface area contributed by atoms with Crippen molar-refractivity contribution < 1.29 is 0 Å². The van der Waals surface area contributed by atoms with Gasteiger partial charge in [-0.05, 0) is 115 Å². The third kappa shape index (κ3) is 6.49. The van der Waals surface area contributed by atoms with E-state index < -0.39 is 0 Å². The van der Waals surface area contributed by atoms with Crippen molar-refractivity contribution in [1.82, 2.24) is 0 Å². The van der Waals surface area contributed by atoms with Crippen LogP contribution in [-0.4, -0.2) is 0 Å². The lowest BCUT2D eigenvalue weighted by molar-refractivity contribution is 0.443. The van der Waals surface area contributed by atoms with Crippen LogP contribution in [0.15, 0.2) is 176 Å². The minimum absolute atomic E-state index is 0.707. The van der Waals surface area contributed by atoms with Gasteiger partial charge in [-0.3, -0.25) is 0 Å². The summed E-state index contributed by atoms with van der Waals surface area (Å²) in [5, 5.41) is 2.62. The highest BCUT2D eigenvalue weighted by atomic mass is 32.1. The molecule has 1 heterocycles. The minimum Gasteiger partial charge on any atom is -0.311 e. The van der Waals surface area contributed by atoms with Crippen molar-refractivity contribution in [3.05, 3.63) is 193 Å². The monoisotopic (exact) mass is 690 g/mol. The Hall–Kier alpha value is -5.64. The van der Waals surface area contributed by atoms with Crippen molar-refractivity contribution >= 4 is 65.6 Å². The van der Waals surface area contributed by atoms with Gasteiger partial charge in [-0.2, -0.15) is 0 Å². The zero-order valence-electron chi connectivity index (χ0n) is 29.4. The van der Waals surface area contributed by atoms with Gasteiger partial charge in [-0.15, -0.1) is 11.3 Å². The Labute approximate surface area is 311 Å². The Bertz CT molecular complexity index is 2390. The molecule has 1 aliphatic rings. The molecule has 0 radical (unpaired) electrons. The van der Waals surface area contributed by atoms with E-state index in [1.807, 2.05) is 11.3 Å². The van der Waals surface area contributed by atoms with E-state index in [4.69, 9.17) is 0 Å². The maximum absolute atomic E-state index is 2.40. The molecule has 2 nitrogen and oxygen atoms in total. The van der Waals surface area contributed by atoms with Gasteiger partial charge in [-0.25, -0.2) is 0 Å². The zero-order valence-corrected chi connectivity index (χ0v) is 30.2. The summed E-state index contributed by atoms with van der Waals surface area (Å²) in [6.07, 6.45) is 7.61. The predicted molar refractivity (Wildman–Crippen MR) is 224 cm³/mol. The zero-order chi connectivity index (χ0) is 34.7. The molecule has 8 aromatic rings. The highest BCUT2D eigenvalue weighted by Crippen LogP contribution is 2.45. The van der Waals surface area contributed by atoms with Crippen molar-refractivity contribution in [3.63, 3.8) is 0 Å². The van der Waals surface area contributed by atoms with Gasteiger partial charge in [0, 0.05) is 43.9 Å². The second-order valence-corrected chi connectivity index (χ2v) is 15.1. The number of thiophene rings is 1. The molecule has 0 aliphatic heterocycles. The normalized spacial score (nSPS) is 13.4. The second-order valence-electron chi connectivity index (χ2n) is 14.0. The first-order valence-electron chi connectivity index (χ1n) is 18.7. The van der Waals surface area contributed by atoms with Crippen LogP contribution in [0.3, 0.4) is 0 Å². The van der Waals surface area contributed by atoms with Crippen LogP contribution in [0.5, 0.6) is 0 Å². The van der Waals surface area contributed by atoms with E-state index in [-0.39, 0.29) is 0 Å². The molecule has 0 bridgehead atoms. The Morgan fingerprint density at radius 3 is 1.56 bits per heavy atom. The van der Waals surface area contributed by atoms with Crippen LogP contribution in [-0.2, 0) is 6.42 Å². The predicted octanol–water partition coefficient (Wildman–Crippen LogP) is 14.6.